The van der Waals surface area contributed by atoms with Gasteiger partial charge in [0.1, 0.15) is 5.69 Å². The van der Waals surface area contributed by atoms with Gasteiger partial charge in [-0.15, -0.1) is 5.10 Å². The van der Waals surface area contributed by atoms with Gasteiger partial charge in [-0.3, -0.25) is 14.3 Å². The zero-order chi connectivity index (χ0) is 22.7. The quantitative estimate of drug-likeness (QED) is 0.563. The molecule has 2 aromatic heterocycles. The van der Waals surface area contributed by atoms with E-state index >= 15 is 0 Å². The molecule has 1 amide bonds. The Hall–Kier alpha value is -3.31. The van der Waals surface area contributed by atoms with Crippen molar-refractivity contribution in [2.75, 3.05) is 19.6 Å². The van der Waals surface area contributed by atoms with Crippen molar-refractivity contribution in [2.45, 2.75) is 24.3 Å². The average molecular weight is 457 g/mol. The molecule has 1 fully saturated rings. The van der Waals surface area contributed by atoms with Gasteiger partial charge in [-0.25, -0.2) is 17.9 Å². The lowest BCUT2D eigenvalue weighted by Gasteiger charge is -2.15. The summed E-state index contributed by atoms with van der Waals surface area (Å²) in [4.78, 5) is 29.2. The number of hydrogen-bond donors (Lipinski definition) is 1. The summed E-state index contributed by atoms with van der Waals surface area (Å²) < 4.78 is 29.3. The fraction of sp³-hybridized carbons (Fsp3) is 0.333. The molecule has 1 saturated heterocycles. The highest BCUT2D eigenvalue weighted by Crippen LogP contribution is 2.21. The number of sulfonamides is 1. The van der Waals surface area contributed by atoms with E-state index in [2.05, 4.69) is 15.4 Å². The normalized spacial score (nSPS) is 14.5. The number of rotatable bonds is 7. The Kier molecular flexibility index (Phi) is 6.19. The maximum Gasteiger partial charge on any atom is 0.346 e. The molecule has 168 valence electrons. The van der Waals surface area contributed by atoms with Crippen LogP contribution in [0.15, 0.2) is 58.4 Å². The van der Waals surface area contributed by atoms with Crippen LogP contribution in [-0.2, 0) is 23.6 Å². The monoisotopic (exact) mass is 456 g/mol. The largest absolute Gasteiger partial charge is 0.350 e. The molecular weight excluding hydrogens is 432 g/mol. The predicted octanol–water partition coefficient (Wildman–Crippen LogP) is 0.858. The number of carbonyl (C=O) groups excluding carboxylic acids is 1. The molecule has 10 nitrogen and oxygen atoms in total. The molecule has 0 aliphatic carbocycles. The molecule has 0 spiro atoms. The molecule has 0 saturated carbocycles. The summed E-state index contributed by atoms with van der Waals surface area (Å²) in [6, 6.07) is 11.2. The van der Waals surface area contributed by atoms with Gasteiger partial charge in [0.25, 0.3) is 5.91 Å². The number of hydrogen-bond acceptors (Lipinski definition) is 6. The Morgan fingerprint density at radius 2 is 1.81 bits per heavy atom. The Morgan fingerprint density at radius 3 is 2.47 bits per heavy atom. The highest BCUT2D eigenvalue weighted by molar-refractivity contribution is 7.89. The molecular formula is C21H24N6O4S. The molecule has 3 aromatic rings. The molecule has 1 aliphatic heterocycles. The van der Waals surface area contributed by atoms with E-state index in [0.29, 0.717) is 30.2 Å². The molecule has 1 aromatic carbocycles. The van der Waals surface area contributed by atoms with Crippen molar-refractivity contribution >= 4 is 15.9 Å². The zero-order valence-electron chi connectivity index (χ0n) is 17.6. The summed E-state index contributed by atoms with van der Waals surface area (Å²) in [6.07, 6.45) is 3.35. The second-order valence-electron chi connectivity index (χ2n) is 7.49. The van der Waals surface area contributed by atoms with Crippen molar-refractivity contribution in [3.63, 3.8) is 0 Å². The first-order valence-electron chi connectivity index (χ1n) is 10.3. The highest BCUT2D eigenvalue weighted by atomic mass is 32.2. The fourth-order valence-electron chi connectivity index (χ4n) is 3.58. The Balaban J connectivity index is 1.38. The average Bonchev–Trinajstić information content (AvgIpc) is 3.45. The van der Waals surface area contributed by atoms with Crippen molar-refractivity contribution in [1.82, 2.24) is 29.0 Å². The molecule has 1 aliphatic rings. The molecule has 1 N–H and O–H groups in total. The zero-order valence-corrected chi connectivity index (χ0v) is 18.5. The van der Waals surface area contributed by atoms with Gasteiger partial charge < -0.3 is 5.32 Å². The van der Waals surface area contributed by atoms with Crippen molar-refractivity contribution in [3.05, 3.63) is 64.7 Å². The summed E-state index contributed by atoms with van der Waals surface area (Å²) in [5.41, 5.74) is 0.614. The molecule has 4 rings (SSSR count). The maximum atomic E-state index is 12.6. The van der Waals surface area contributed by atoms with Crippen LogP contribution in [0.5, 0.6) is 0 Å². The second-order valence-corrected chi connectivity index (χ2v) is 9.43. The van der Waals surface area contributed by atoms with Crippen molar-refractivity contribution in [3.8, 4) is 11.5 Å². The minimum Gasteiger partial charge on any atom is -0.350 e. The van der Waals surface area contributed by atoms with E-state index in [4.69, 9.17) is 0 Å². The van der Waals surface area contributed by atoms with Gasteiger partial charge in [0, 0.05) is 38.4 Å². The van der Waals surface area contributed by atoms with Gasteiger partial charge in [0.2, 0.25) is 10.0 Å². The molecule has 11 heteroatoms. The van der Waals surface area contributed by atoms with Gasteiger partial charge in [0.05, 0.1) is 11.4 Å². The van der Waals surface area contributed by atoms with Gasteiger partial charge in [0.15, 0.2) is 5.82 Å². The van der Waals surface area contributed by atoms with Crippen LogP contribution in [0.1, 0.15) is 23.2 Å². The number of pyridine rings is 1. The van der Waals surface area contributed by atoms with Crippen LogP contribution in [-0.4, -0.2) is 57.6 Å². The number of amides is 1. The van der Waals surface area contributed by atoms with Crippen LogP contribution in [0.25, 0.3) is 11.5 Å². The highest BCUT2D eigenvalue weighted by Gasteiger charge is 2.27. The lowest BCUT2D eigenvalue weighted by Crippen LogP contribution is -2.32. The second kappa shape index (κ2) is 9.05. The molecule has 0 bridgehead atoms. The number of benzene rings is 1. The van der Waals surface area contributed by atoms with Gasteiger partial charge >= 0.3 is 5.69 Å². The van der Waals surface area contributed by atoms with E-state index in [1.54, 1.807) is 25.4 Å². The summed E-state index contributed by atoms with van der Waals surface area (Å²) in [7, 11) is -1.90. The topological polar surface area (TPSA) is 119 Å². The van der Waals surface area contributed by atoms with E-state index < -0.39 is 10.0 Å². The number of nitrogens with zero attached hydrogens (tertiary/aromatic N) is 5. The lowest BCUT2D eigenvalue weighted by atomic mass is 10.2. The summed E-state index contributed by atoms with van der Waals surface area (Å²) in [5, 5.41) is 7.04. The van der Waals surface area contributed by atoms with Crippen LogP contribution in [0.2, 0.25) is 0 Å². The van der Waals surface area contributed by atoms with Crippen LogP contribution >= 0.6 is 0 Å². The van der Waals surface area contributed by atoms with Gasteiger partial charge in [-0.1, -0.05) is 6.07 Å². The third kappa shape index (κ3) is 4.34. The molecule has 3 heterocycles. The maximum absolute atomic E-state index is 12.6. The predicted molar refractivity (Wildman–Crippen MR) is 117 cm³/mol. The molecule has 0 atom stereocenters. The third-order valence-electron chi connectivity index (χ3n) is 5.36. The van der Waals surface area contributed by atoms with Crippen LogP contribution in [0.3, 0.4) is 0 Å². The Labute approximate surface area is 185 Å². The van der Waals surface area contributed by atoms with Crippen molar-refractivity contribution in [1.29, 1.82) is 0 Å². The van der Waals surface area contributed by atoms with Crippen molar-refractivity contribution < 1.29 is 13.2 Å². The Morgan fingerprint density at radius 1 is 1.09 bits per heavy atom. The van der Waals surface area contributed by atoms with E-state index in [9.17, 15) is 18.0 Å². The van der Waals surface area contributed by atoms with Crippen LogP contribution in [0.4, 0.5) is 0 Å². The van der Waals surface area contributed by atoms with E-state index in [1.807, 2.05) is 6.07 Å². The van der Waals surface area contributed by atoms with E-state index in [1.165, 1.54) is 37.8 Å². The third-order valence-corrected chi connectivity index (χ3v) is 7.28. The number of carbonyl (C=O) groups is 1. The first kappa shape index (κ1) is 21.9. The number of nitrogens with one attached hydrogen (secondary N) is 1. The van der Waals surface area contributed by atoms with E-state index in [0.717, 1.165) is 12.8 Å². The summed E-state index contributed by atoms with van der Waals surface area (Å²) in [5.74, 6) is 0.0841. The summed E-state index contributed by atoms with van der Waals surface area (Å²) >= 11 is 0. The minimum absolute atomic E-state index is 0.179. The smallest absolute Gasteiger partial charge is 0.346 e. The fourth-order valence-corrected chi connectivity index (χ4v) is 5.10. The lowest BCUT2D eigenvalue weighted by molar-refractivity contribution is 0.0951. The van der Waals surface area contributed by atoms with Gasteiger partial charge in [-0.05, 0) is 49.2 Å². The van der Waals surface area contributed by atoms with E-state index in [-0.39, 0.29) is 29.6 Å². The summed E-state index contributed by atoms with van der Waals surface area (Å²) in [6.45, 7) is 1.43. The Bertz CT molecular complexity index is 1260. The molecule has 0 unspecified atom stereocenters. The number of aromatic nitrogens is 4. The first-order chi connectivity index (χ1) is 15.4. The van der Waals surface area contributed by atoms with Crippen molar-refractivity contribution in [2.24, 2.45) is 7.05 Å². The first-order valence-corrected chi connectivity index (χ1v) is 11.8. The van der Waals surface area contributed by atoms with Gasteiger partial charge in [-0.2, -0.15) is 4.31 Å². The van der Waals surface area contributed by atoms with Crippen LogP contribution in [0, 0.1) is 0 Å². The SMILES string of the molecule is Cn1c(-c2ccccn2)nn(CCNC(=O)c2ccc(S(=O)(=O)N3CCCC3)cc2)c1=O. The standard InChI is InChI=1S/C21H24N6O4S/c1-25-19(18-6-2-3-11-22-18)24-27(21(25)29)15-12-23-20(28)16-7-9-17(10-8-16)32(30,31)26-13-4-5-14-26/h2-3,6-11H,4-5,12-15H2,1H3,(H,23,28). The minimum atomic E-state index is -3.52. The molecule has 32 heavy (non-hydrogen) atoms. The van der Waals surface area contributed by atoms with Crippen LogP contribution < -0.4 is 11.0 Å². The molecule has 0 radical (unpaired) electrons.